The molecule has 0 aromatic carbocycles. The standard InChI is InChI=1S/C19H26N6/c1-11-3-12(2)25(24-11)18-16(20)17(21-10-22-18)23-19-7-13-4-14(8-19)6-15(5-13)9-19/h3,10,13-15H,4-9,20H2,1-2H3,(H,21,22,23). The molecule has 2 heterocycles. The van der Waals surface area contributed by atoms with Gasteiger partial charge in [-0.1, -0.05) is 0 Å². The van der Waals surface area contributed by atoms with Crippen LogP contribution in [0.2, 0.25) is 0 Å². The molecule has 4 saturated carbocycles. The summed E-state index contributed by atoms with van der Waals surface area (Å²) in [7, 11) is 0. The number of nitrogens with one attached hydrogen (secondary N) is 1. The molecule has 3 N–H and O–H groups in total. The molecule has 4 aliphatic rings. The Morgan fingerprint density at radius 1 is 1.08 bits per heavy atom. The second kappa shape index (κ2) is 5.19. The molecule has 6 nitrogen and oxygen atoms in total. The number of rotatable bonds is 3. The summed E-state index contributed by atoms with van der Waals surface area (Å²) < 4.78 is 1.82. The quantitative estimate of drug-likeness (QED) is 0.898. The fourth-order valence-corrected chi connectivity index (χ4v) is 6.01. The highest BCUT2D eigenvalue weighted by Crippen LogP contribution is 2.56. The monoisotopic (exact) mass is 338 g/mol. The van der Waals surface area contributed by atoms with Gasteiger partial charge in [0.1, 0.15) is 12.0 Å². The molecule has 0 atom stereocenters. The minimum atomic E-state index is 0.184. The van der Waals surface area contributed by atoms with E-state index in [1.807, 2.05) is 24.6 Å². The Morgan fingerprint density at radius 2 is 1.72 bits per heavy atom. The molecule has 0 saturated heterocycles. The molecule has 2 aromatic rings. The van der Waals surface area contributed by atoms with E-state index in [9.17, 15) is 0 Å². The summed E-state index contributed by atoms with van der Waals surface area (Å²) >= 11 is 0. The third-order valence-electron chi connectivity index (χ3n) is 6.49. The number of anilines is 2. The minimum Gasteiger partial charge on any atom is -0.393 e. The number of nitrogens with zero attached hydrogens (tertiary/aromatic N) is 4. The summed E-state index contributed by atoms with van der Waals surface area (Å²) in [5, 5.41) is 8.30. The van der Waals surface area contributed by atoms with E-state index < -0.39 is 0 Å². The van der Waals surface area contributed by atoms with E-state index in [0.29, 0.717) is 11.5 Å². The van der Waals surface area contributed by atoms with Crippen LogP contribution in [-0.2, 0) is 0 Å². The lowest BCUT2D eigenvalue weighted by molar-refractivity contribution is 0.0106. The van der Waals surface area contributed by atoms with Gasteiger partial charge in [-0.25, -0.2) is 14.6 Å². The third-order valence-corrected chi connectivity index (χ3v) is 6.49. The molecule has 132 valence electrons. The van der Waals surface area contributed by atoms with Gasteiger partial charge in [-0.2, -0.15) is 5.10 Å². The second-order valence-corrected chi connectivity index (χ2v) is 8.62. The van der Waals surface area contributed by atoms with Gasteiger partial charge in [0.2, 0.25) is 0 Å². The summed E-state index contributed by atoms with van der Waals surface area (Å²) in [4.78, 5) is 8.89. The van der Waals surface area contributed by atoms with Crippen molar-refractivity contribution in [3.8, 4) is 5.82 Å². The lowest BCUT2D eigenvalue weighted by atomic mass is 9.53. The molecule has 2 aromatic heterocycles. The van der Waals surface area contributed by atoms with E-state index in [-0.39, 0.29) is 5.54 Å². The van der Waals surface area contributed by atoms with Crippen LogP contribution >= 0.6 is 0 Å². The van der Waals surface area contributed by atoms with Crippen molar-refractivity contribution in [1.82, 2.24) is 19.7 Å². The Morgan fingerprint density at radius 3 is 2.28 bits per heavy atom. The molecule has 6 rings (SSSR count). The molecule has 6 heteroatoms. The molecule has 4 aliphatic carbocycles. The maximum Gasteiger partial charge on any atom is 0.182 e. The smallest absolute Gasteiger partial charge is 0.182 e. The van der Waals surface area contributed by atoms with E-state index in [2.05, 4.69) is 20.4 Å². The summed E-state index contributed by atoms with van der Waals surface area (Å²) in [6.45, 7) is 4.00. The molecule has 4 bridgehead atoms. The van der Waals surface area contributed by atoms with Gasteiger partial charge in [-0.3, -0.25) is 0 Å². The van der Waals surface area contributed by atoms with Gasteiger partial charge in [-0.15, -0.1) is 0 Å². The minimum absolute atomic E-state index is 0.184. The van der Waals surface area contributed by atoms with Crippen molar-refractivity contribution >= 4 is 11.5 Å². The van der Waals surface area contributed by atoms with Crippen molar-refractivity contribution < 1.29 is 0 Å². The van der Waals surface area contributed by atoms with Crippen LogP contribution in [0.5, 0.6) is 0 Å². The van der Waals surface area contributed by atoms with Crippen molar-refractivity contribution in [1.29, 1.82) is 0 Å². The Hall–Kier alpha value is -2.11. The molecular weight excluding hydrogens is 312 g/mol. The largest absolute Gasteiger partial charge is 0.393 e. The topological polar surface area (TPSA) is 81.7 Å². The van der Waals surface area contributed by atoms with Crippen LogP contribution in [0.25, 0.3) is 5.82 Å². The predicted molar refractivity (Wildman–Crippen MR) is 97.6 cm³/mol. The van der Waals surface area contributed by atoms with Crippen molar-refractivity contribution in [2.45, 2.75) is 57.9 Å². The van der Waals surface area contributed by atoms with Crippen LogP contribution in [0.3, 0.4) is 0 Å². The molecule has 25 heavy (non-hydrogen) atoms. The van der Waals surface area contributed by atoms with Gasteiger partial charge in [0.15, 0.2) is 11.6 Å². The normalized spacial score (nSPS) is 33.0. The highest BCUT2D eigenvalue weighted by molar-refractivity contribution is 5.70. The Kier molecular flexibility index (Phi) is 3.15. The van der Waals surface area contributed by atoms with Crippen molar-refractivity contribution in [3.63, 3.8) is 0 Å². The van der Waals surface area contributed by atoms with Gasteiger partial charge in [-0.05, 0) is 76.2 Å². The highest BCUT2D eigenvalue weighted by atomic mass is 15.3. The van der Waals surface area contributed by atoms with Gasteiger partial charge in [0.25, 0.3) is 0 Å². The van der Waals surface area contributed by atoms with Gasteiger partial charge < -0.3 is 11.1 Å². The zero-order valence-electron chi connectivity index (χ0n) is 15.0. The third kappa shape index (κ3) is 2.41. The Bertz CT molecular complexity index is 788. The molecule has 0 spiro atoms. The predicted octanol–water partition coefficient (Wildman–Crippen LogP) is 3.24. The van der Waals surface area contributed by atoms with Crippen molar-refractivity contribution in [3.05, 3.63) is 23.8 Å². The van der Waals surface area contributed by atoms with Crippen LogP contribution in [0, 0.1) is 31.6 Å². The summed E-state index contributed by atoms with van der Waals surface area (Å²) in [6, 6.07) is 2.04. The average Bonchev–Trinajstić information content (AvgIpc) is 2.86. The van der Waals surface area contributed by atoms with E-state index >= 15 is 0 Å². The van der Waals surface area contributed by atoms with Crippen molar-refractivity contribution in [2.75, 3.05) is 11.1 Å². The van der Waals surface area contributed by atoms with Crippen molar-refractivity contribution in [2.24, 2.45) is 17.8 Å². The SMILES string of the molecule is Cc1cc(C)n(-c2ncnc(NC34CC5CC(CC(C5)C3)C4)c2N)n1. The Balaban J connectivity index is 1.49. The van der Waals surface area contributed by atoms with Gasteiger partial charge >= 0.3 is 0 Å². The lowest BCUT2D eigenvalue weighted by Crippen LogP contribution is -2.55. The number of nitrogens with two attached hydrogens (primary N) is 1. The molecule has 0 unspecified atom stereocenters. The molecule has 0 radical (unpaired) electrons. The van der Waals surface area contributed by atoms with Gasteiger partial charge in [0.05, 0.1) is 5.69 Å². The Labute approximate surface area is 148 Å². The first-order chi connectivity index (χ1) is 12.0. The highest BCUT2D eigenvalue weighted by Gasteiger charge is 2.51. The first-order valence-corrected chi connectivity index (χ1v) is 9.44. The van der Waals surface area contributed by atoms with E-state index in [1.54, 1.807) is 6.33 Å². The number of nitrogen functional groups attached to an aromatic ring is 1. The number of aryl methyl sites for hydroxylation is 2. The van der Waals surface area contributed by atoms with E-state index in [0.717, 1.165) is 35.0 Å². The molecule has 0 aliphatic heterocycles. The number of hydrogen-bond donors (Lipinski definition) is 2. The maximum absolute atomic E-state index is 6.47. The van der Waals surface area contributed by atoms with E-state index in [1.165, 1.54) is 38.5 Å². The van der Waals surface area contributed by atoms with Crippen LogP contribution in [-0.4, -0.2) is 25.3 Å². The lowest BCUT2D eigenvalue weighted by Gasteiger charge is -2.57. The fourth-order valence-electron chi connectivity index (χ4n) is 6.01. The van der Waals surface area contributed by atoms with Crippen LogP contribution < -0.4 is 11.1 Å². The van der Waals surface area contributed by atoms with Crippen LogP contribution in [0.15, 0.2) is 12.4 Å². The maximum atomic E-state index is 6.47. The number of aromatic nitrogens is 4. The first-order valence-electron chi connectivity index (χ1n) is 9.44. The van der Waals surface area contributed by atoms with Crippen LogP contribution in [0.4, 0.5) is 11.5 Å². The zero-order chi connectivity index (χ0) is 17.2. The molecular formula is C19H26N6. The zero-order valence-corrected chi connectivity index (χ0v) is 15.0. The summed E-state index contributed by atoms with van der Waals surface area (Å²) in [5.41, 5.74) is 9.26. The molecule has 0 amide bonds. The summed E-state index contributed by atoms with van der Waals surface area (Å²) in [6.07, 6.45) is 9.67. The van der Waals surface area contributed by atoms with E-state index in [4.69, 9.17) is 5.73 Å². The first kappa shape index (κ1) is 15.2. The summed E-state index contributed by atoms with van der Waals surface area (Å²) in [5.74, 6) is 4.11. The van der Waals surface area contributed by atoms with Gasteiger partial charge in [0, 0.05) is 11.2 Å². The average molecular weight is 338 g/mol. The molecule has 4 fully saturated rings. The fraction of sp³-hybridized carbons (Fsp3) is 0.632. The van der Waals surface area contributed by atoms with Crippen LogP contribution in [0.1, 0.15) is 49.9 Å². The number of hydrogen-bond acceptors (Lipinski definition) is 5. The second-order valence-electron chi connectivity index (χ2n) is 8.62.